The van der Waals surface area contributed by atoms with Crippen LogP contribution in [0.15, 0.2) is 12.2 Å². The zero-order chi connectivity index (χ0) is 26.0. The average Bonchev–Trinajstić information content (AvgIpc) is 2.82. The third-order valence-electron chi connectivity index (χ3n) is 4.02. The van der Waals surface area contributed by atoms with Gasteiger partial charge in [-0.2, -0.15) is 0 Å². The second-order valence-corrected chi connectivity index (χ2v) is 7.19. The molecule has 12 nitrogen and oxygen atoms in total. The van der Waals surface area contributed by atoms with Crippen LogP contribution in [-0.4, -0.2) is 115 Å². The van der Waals surface area contributed by atoms with E-state index in [1.807, 2.05) is 0 Å². The summed E-state index contributed by atoms with van der Waals surface area (Å²) in [6, 6.07) is 0. The van der Waals surface area contributed by atoms with Gasteiger partial charge in [0.25, 0.3) is 0 Å². The smallest absolute Gasteiger partial charge is 0.333 e. The summed E-state index contributed by atoms with van der Waals surface area (Å²) in [5.41, 5.74) is 0.362. The normalized spacial score (nSPS) is 10.8. The van der Waals surface area contributed by atoms with E-state index < -0.39 is 11.9 Å². The largest absolute Gasteiger partial charge is 0.481 e. The predicted molar refractivity (Wildman–Crippen MR) is 125 cm³/mol. The molecule has 0 radical (unpaired) electrons. The van der Waals surface area contributed by atoms with Crippen LogP contribution in [0.25, 0.3) is 0 Å². The van der Waals surface area contributed by atoms with Crippen molar-refractivity contribution in [1.29, 1.82) is 0 Å². The molecule has 0 saturated heterocycles. The molecule has 12 heteroatoms. The number of nitrogens with one attached hydrogen (secondary N) is 1. The van der Waals surface area contributed by atoms with Crippen LogP contribution in [0.2, 0.25) is 0 Å². The fourth-order valence-corrected chi connectivity index (χ4v) is 2.23. The quantitative estimate of drug-likeness (QED) is 0.0962. The fraction of sp³-hybridized carbons (Fsp3) is 0.783. The van der Waals surface area contributed by atoms with Crippen molar-refractivity contribution in [1.82, 2.24) is 5.32 Å². The maximum atomic E-state index is 11.3. The molecule has 1 amide bonds. The second kappa shape index (κ2) is 25.0. The third-order valence-corrected chi connectivity index (χ3v) is 4.02. The van der Waals surface area contributed by atoms with E-state index in [0.717, 1.165) is 0 Å². The summed E-state index contributed by atoms with van der Waals surface area (Å²) < 4.78 is 37.1. The molecule has 0 aliphatic heterocycles. The van der Waals surface area contributed by atoms with Crippen molar-refractivity contribution in [3.05, 3.63) is 12.2 Å². The zero-order valence-corrected chi connectivity index (χ0v) is 20.8. The van der Waals surface area contributed by atoms with Gasteiger partial charge in [0.05, 0.1) is 79.1 Å². The molecule has 0 bridgehead atoms. The third kappa shape index (κ3) is 26.4. The molecular formula is C23H41NO11. The monoisotopic (exact) mass is 507 g/mol. The summed E-state index contributed by atoms with van der Waals surface area (Å²) in [5, 5.41) is 11.1. The zero-order valence-electron chi connectivity index (χ0n) is 20.8. The summed E-state index contributed by atoms with van der Waals surface area (Å²) in [7, 11) is 0. The number of carbonyl (C=O) groups is 3. The van der Waals surface area contributed by atoms with Gasteiger partial charge in [-0.05, 0) is 13.3 Å². The number of esters is 1. The first-order chi connectivity index (χ1) is 16.9. The summed E-state index contributed by atoms with van der Waals surface area (Å²) in [6.45, 7) is 11.0. The topological polar surface area (TPSA) is 148 Å². The number of hydrogen-bond acceptors (Lipinski definition) is 10. The van der Waals surface area contributed by atoms with E-state index in [4.69, 9.17) is 38.3 Å². The summed E-state index contributed by atoms with van der Waals surface area (Å²) in [5.74, 6) is -1.68. The molecule has 0 aliphatic rings. The van der Waals surface area contributed by atoms with E-state index in [1.165, 1.54) is 0 Å². The van der Waals surface area contributed by atoms with Crippen LogP contribution in [0.5, 0.6) is 0 Å². The summed E-state index contributed by atoms with van der Waals surface area (Å²) in [4.78, 5) is 32.8. The van der Waals surface area contributed by atoms with E-state index in [9.17, 15) is 14.4 Å². The number of rotatable bonds is 26. The Balaban J connectivity index is 3.13. The minimum Gasteiger partial charge on any atom is -0.481 e. The lowest BCUT2D eigenvalue weighted by Crippen LogP contribution is -2.25. The molecule has 0 atom stereocenters. The Morgan fingerprint density at radius 1 is 0.657 bits per heavy atom. The van der Waals surface area contributed by atoms with Crippen molar-refractivity contribution >= 4 is 17.8 Å². The molecule has 0 aliphatic carbocycles. The Bertz CT molecular complexity index is 572. The molecule has 0 unspecified atom stereocenters. The minimum atomic E-state index is -0.985. The van der Waals surface area contributed by atoms with Crippen molar-refractivity contribution in [2.45, 2.75) is 26.2 Å². The van der Waals surface area contributed by atoms with Gasteiger partial charge in [0.2, 0.25) is 5.91 Å². The van der Waals surface area contributed by atoms with Gasteiger partial charge >= 0.3 is 11.9 Å². The van der Waals surface area contributed by atoms with E-state index in [-0.39, 0.29) is 25.4 Å². The molecule has 0 rings (SSSR count). The molecule has 0 aromatic carbocycles. The maximum Gasteiger partial charge on any atom is 0.333 e. The van der Waals surface area contributed by atoms with Crippen LogP contribution in [0.3, 0.4) is 0 Å². The molecule has 2 N–H and O–H groups in total. The van der Waals surface area contributed by atoms with Gasteiger partial charge in [-0.3, -0.25) is 9.59 Å². The number of carboxylic acid groups (broad SMARTS) is 1. The second-order valence-electron chi connectivity index (χ2n) is 7.19. The molecule has 35 heavy (non-hydrogen) atoms. The van der Waals surface area contributed by atoms with Crippen molar-refractivity contribution < 1.29 is 52.6 Å². The van der Waals surface area contributed by atoms with Gasteiger partial charge in [-0.15, -0.1) is 0 Å². The highest BCUT2D eigenvalue weighted by Gasteiger charge is 2.04. The van der Waals surface area contributed by atoms with Crippen molar-refractivity contribution in [3.63, 3.8) is 0 Å². The van der Waals surface area contributed by atoms with Gasteiger partial charge in [0.15, 0.2) is 0 Å². The van der Waals surface area contributed by atoms with Gasteiger partial charge in [0.1, 0.15) is 6.61 Å². The number of hydrogen-bond donors (Lipinski definition) is 2. The lowest BCUT2D eigenvalue weighted by molar-refractivity contribution is -0.140. The predicted octanol–water partition coefficient (Wildman–Crippen LogP) is 0.576. The van der Waals surface area contributed by atoms with Crippen molar-refractivity contribution in [2.75, 3.05) is 92.4 Å². The number of ether oxygens (including phenoxy) is 7. The van der Waals surface area contributed by atoms with Crippen molar-refractivity contribution in [2.24, 2.45) is 0 Å². The SMILES string of the molecule is C=C(C)C(=O)OCCOCCOCCOCCOCCOCCOCCCNC(=O)CCC(=O)O. The lowest BCUT2D eigenvalue weighted by Gasteiger charge is -2.08. The Kier molecular flexibility index (Phi) is 23.5. The van der Waals surface area contributed by atoms with Crippen LogP contribution in [0.4, 0.5) is 0 Å². The van der Waals surface area contributed by atoms with Gasteiger partial charge < -0.3 is 43.6 Å². The minimum absolute atomic E-state index is 0.0113. The molecule has 0 fully saturated rings. The lowest BCUT2D eigenvalue weighted by atomic mass is 10.3. The summed E-state index contributed by atoms with van der Waals surface area (Å²) in [6.07, 6.45) is 0.473. The number of aliphatic carboxylic acids is 1. The molecule has 204 valence electrons. The number of amides is 1. The molecule has 0 saturated carbocycles. The van der Waals surface area contributed by atoms with E-state index in [2.05, 4.69) is 11.9 Å². The molecule has 0 aromatic heterocycles. The highest BCUT2D eigenvalue weighted by molar-refractivity contribution is 5.86. The first-order valence-corrected chi connectivity index (χ1v) is 11.7. The first kappa shape index (κ1) is 32.9. The Labute approximate surface area is 207 Å². The molecular weight excluding hydrogens is 466 g/mol. The van der Waals surface area contributed by atoms with Crippen LogP contribution in [0.1, 0.15) is 26.2 Å². The Morgan fingerprint density at radius 3 is 1.46 bits per heavy atom. The van der Waals surface area contributed by atoms with Crippen LogP contribution in [-0.2, 0) is 47.5 Å². The first-order valence-electron chi connectivity index (χ1n) is 11.7. The summed E-state index contributed by atoms with van der Waals surface area (Å²) >= 11 is 0. The standard InChI is InChI=1S/C23H41NO11/c1-20(2)23(28)35-19-18-34-17-16-33-15-14-32-13-12-31-11-10-30-9-8-29-7-3-6-24-21(25)4-5-22(26)27/h1,3-19H2,2H3,(H,24,25)(H,26,27). The Hall–Kier alpha value is -2.09. The Morgan fingerprint density at radius 2 is 1.06 bits per heavy atom. The van der Waals surface area contributed by atoms with E-state index in [1.54, 1.807) is 6.92 Å². The van der Waals surface area contributed by atoms with Gasteiger partial charge in [0, 0.05) is 25.1 Å². The molecule has 0 spiro atoms. The van der Waals surface area contributed by atoms with Crippen LogP contribution < -0.4 is 5.32 Å². The molecule has 0 heterocycles. The number of carbonyl (C=O) groups excluding carboxylic acids is 2. The van der Waals surface area contributed by atoms with Gasteiger partial charge in [-0.25, -0.2) is 4.79 Å². The molecule has 0 aromatic rings. The average molecular weight is 508 g/mol. The van der Waals surface area contributed by atoms with Crippen LogP contribution in [0, 0.1) is 0 Å². The van der Waals surface area contributed by atoms with Crippen LogP contribution >= 0.6 is 0 Å². The maximum absolute atomic E-state index is 11.3. The van der Waals surface area contributed by atoms with Crippen molar-refractivity contribution in [3.8, 4) is 0 Å². The van der Waals surface area contributed by atoms with E-state index >= 15 is 0 Å². The number of carboxylic acids is 1. The van der Waals surface area contributed by atoms with Gasteiger partial charge in [-0.1, -0.05) is 6.58 Å². The van der Waals surface area contributed by atoms with E-state index in [0.29, 0.717) is 97.8 Å². The highest BCUT2D eigenvalue weighted by Crippen LogP contribution is 1.92. The fourth-order valence-electron chi connectivity index (χ4n) is 2.23. The highest BCUT2D eigenvalue weighted by atomic mass is 16.6.